The number of para-hydroxylation sites is 1. The quantitative estimate of drug-likeness (QED) is 0.826. The fourth-order valence-electron chi connectivity index (χ4n) is 3.31. The van der Waals surface area contributed by atoms with Crippen LogP contribution in [0.25, 0.3) is 0 Å². The summed E-state index contributed by atoms with van der Waals surface area (Å²) in [6, 6.07) is 8.96. The molecule has 1 aromatic carbocycles. The summed E-state index contributed by atoms with van der Waals surface area (Å²) in [6.07, 6.45) is 5.70. The molecular weight excluding hydrogens is 310 g/mol. The van der Waals surface area contributed by atoms with Crippen LogP contribution in [0.15, 0.2) is 24.3 Å². The van der Waals surface area contributed by atoms with Crippen LogP contribution in [0, 0.1) is 0 Å². The van der Waals surface area contributed by atoms with E-state index >= 15 is 0 Å². The van der Waals surface area contributed by atoms with E-state index in [0.29, 0.717) is 12.6 Å². The maximum Gasteiger partial charge on any atom is 0.208 e. The minimum absolute atomic E-state index is 0.452. The number of anilines is 1. The zero-order chi connectivity index (χ0) is 16.9. The topological polar surface area (TPSA) is 52.6 Å². The Morgan fingerprint density at radius 2 is 2.00 bits per heavy atom. The van der Waals surface area contributed by atoms with E-state index in [1.54, 1.807) is 0 Å². The molecule has 0 aromatic heterocycles. The van der Waals surface area contributed by atoms with Gasteiger partial charge in [0, 0.05) is 38.9 Å². The number of likely N-dealkylation sites (tertiary alicyclic amines) is 1. The highest BCUT2D eigenvalue weighted by atomic mass is 32.2. The number of nitrogens with one attached hydrogen (secondary N) is 1. The van der Waals surface area contributed by atoms with E-state index in [1.165, 1.54) is 30.3 Å². The molecule has 5 nitrogen and oxygen atoms in total. The van der Waals surface area contributed by atoms with Gasteiger partial charge in [-0.2, -0.15) is 0 Å². The van der Waals surface area contributed by atoms with Gasteiger partial charge in [-0.1, -0.05) is 24.6 Å². The SMILES string of the molecule is CN(C)c1ccccc1CN1CCCC[C@H]1CCNS(C)(=O)=O. The van der Waals surface area contributed by atoms with Crippen LogP contribution >= 0.6 is 0 Å². The van der Waals surface area contributed by atoms with Gasteiger partial charge >= 0.3 is 0 Å². The van der Waals surface area contributed by atoms with Crippen LogP contribution in [0.3, 0.4) is 0 Å². The fourth-order valence-corrected chi connectivity index (χ4v) is 3.79. The summed E-state index contributed by atoms with van der Waals surface area (Å²) in [5.74, 6) is 0. The van der Waals surface area contributed by atoms with Crippen molar-refractivity contribution in [3.8, 4) is 0 Å². The number of rotatable bonds is 7. The van der Waals surface area contributed by atoms with Crippen molar-refractivity contribution in [2.45, 2.75) is 38.3 Å². The molecule has 1 N–H and O–H groups in total. The van der Waals surface area contributed by atoms with Gasteiger partial charge in [0.1, 0.15) is 0 Å². The van der Waals surface area contributed by atoms with Gasteiger partial charge in [0.15, 0.2) is 0 Å². The van der Waals surface area contributed by atoms with Gasteiger partial charge in [-0.25, -0.2) is 13.1 Å². The predicted octanol–water partition coefficient (Wildman–Crippen LogP) is 2.05. The summed E-state index contributed by atoms with van der Waals surface area (Å²) >= 11 is 0. The maximum atomic E-state index is 11.2. The van der Waals surface area contributed by atoms with Gasteiger partial charge in [0.05, 0.1) is 6.26 Å². The molecule has 0 aliphatic carbocycles. The first-order chi connectivity index (χ1) is 10.9. The third kappa shape index (κ3) is 5.79. The average Bonchev–Trinajstić information content (AvgIpc) is 2.48. The van der Waals surface area contributed by atoms with E-state index in [9.17, 15) is 8.42 Å². The molecular formula is C17H29N3O2S. The number of hydrogen-bond donors (Lipinski definition) is 1. The Balaban J connectivity index is 2.01. The van der Waals surface area contributed by atoms with Crippen LogP contribution in [-0.4, -0.2) is 52.8 Å². The molecule has 0 amide bonds. The second-order valence-electron chi connectivity index (χ2n) is 6.60. The largest absolute Gasteiger partial charge is 0.377 e. The molecule has 2 rings (SSSR count). The Morgan fingerprint density at radius 1 is 1.26 bits per heavy atom. The zero-order valence-corrected chi connectivity index (χ0v) is 15.3. The van der Waals surface area contributed by atoms with Gasteiger partial charge in [-0.15, -0.1) is 0 Å². The molecule has 1 heterocycles. The van der Waals surface area contributed by atoms with Crippen molar-refractivity contribution in [2.24, 2.45) is 0 Å². The van der Waals surface area contributed by atoms with Crippen LogP contribution in [-0.2, 0) is 16.6 Å². The molecule has 1 aromatic rings. The second-order valence-corrected chi connectivity index (χ2v) is 8.43. The summed E-state index contributed by atoms with van der Waals surface area (Å²) in [7, 11) is 1.05. The lowest BCUT2D eigenvalue weighted by atomic mass is 9.98. The van der Waals surface area contributed by atoms with Crippen molar-refractivity contribution in [1.29, 1.82) is 0 Å². The molecule has 0 unspecified atom stereocenters. The Kier molecular flexibility index (Phi) is 6.44. The maximum absolute atomic E-state index is 11.2. The Morgan fingerprint density at radius 3 is 2.70 bits per heavy atom. The van der Waals surface area contributed by atoms with Gasteiger partial charge in [0.25, 0.3) is 0 Å². The molecule has 1 aliphatic rings. The van der Waals surface area contributed by atoms with Gasteiger partial charge in [-0.05, 0) is 37.4 Å². The van der Waals surface area contributed by atoms with Crippen LogP contribution in [0.2, 0.25) is 0 Å². The third-order valence-electron chi connectivity index (χ3n) is 4.44. The molecule has 1 saturated heterocycles. The number of sulfonamides is 1. The van der Waals surface area contributed by atoms with Crippen molar-refractivity contribution < 1.29 is 8.42 Å². The summed E-state index contributed by atoms with van der Waals surface area (Å²) in [5, 5.41) is 0. The first-order valence-corrected chi connectivity index (χ1v) is 10.2. The number of piperidine rings is 1. The van der Waals surface area contributed by atoms with Crippen molar-refractivity contribution in [2.75, 3.05) is 38.3 Å². The van der Waals surface area contributed by atoms with Crippen LogP contribution < -0.4 is 9.62 Å². The van der Waals surface area contributed by atoms with Crippen LogP contribution in [0.5, 0.6) is 0 Å². The minimum atomic E-state index is -3.09. The van der Waals surface area contributed by atoms with E-state index < -0.39 is 10.0 Å². The van der Waals surface area contributed by atoms with Gasteiger partial charge < -0.3 is 4.90 Å². The summed E-state index contributed by atoms with van der Waals surface area (Å²) in [6.45, 7) is 2.54. The Labute approximate surface area is 140 Å². The molecule has 1 aliphatic heterocycles. The van der Waals surface area contributed by atoms with E-state index in [-0.39, 0.29) is 0 Å². The molecule has 130 valence electrons. The lowest BCUT2D eigenvalue weighted by Gasteiger charge is -2.36. The lowest BCUT2D eigenvalue weighted by molar-refractivity contribution is 0.133. The molecule has 0 radical (unpaired) electrons. The predicted molar refractivity (Wildman–Crippen MR) is 96.3 cm³/mol. The van der Waals surface area contributed by atoms with Gasteiger partial charge in [-0.3, -0.25) is 4.90 Å². The number of hydrogen-bond acceptors (Lipinski definition) is 4. The first-order valence-electron chi connectivity index (χ1n) is 8.31. The van der Waals surface area contributed by atoms with Crippen molar-refractivity contribution in [3.63, 3.8) is 0 Å². The van der Waals surface area contributed by atoms with E-state index in [2.05, 4.69) is 52.9 Å². The van der Waals surface area contributed by atoms with Crippen LogP contribution in [0.4, 0.5) is 5.69 Å². The molecule has 6 heteroatoms. The monoisotopic (exact) mass is 339 g/mol. The minimum Gasteiger partial charge on any atom is -0.377 e. The standard InChI is InChI=1S/C17H29N3O2S/c1-19(2)17-10-5-4-8-15(17)14-20-13-7-6-9-16(20)11-12-18-23(3,21)22/h4-5,8,10,16,18H,6-7,9,11-14H2,1-3H3/t16-/m0/s1. The van der Waals surface area contributed by atoms with E-state index in [0.717, 1.165) is 25.9 Å². The molecule has 0 spiro atoms. The average molecular weight is 340 g/mol. The summed E-state index contributed by atoms with van der Waals surface area (Å²) < 4.78 is 25.1. The molecule has 1 atom stereocenters. The molecule has 0 saturated carbocycles. The normalized spacial score (nSPS) is 19.7. The first kappa shape index (κ1) is 18.2. The summed E-state index contributed by atoms with van der Waals surface area (Å²) in [5.41, 5.74) is 2.59. The van der Waals surface area contributed by atoms with Gasteiger partial charge in [0.2, 0.25) is 10.0 Å². The Hall–Kier alpha value is -1.11. The molecule has 23 heavy (non-hydrogen) atoms. The smallest absolute Gasteiger partial charge is 0.208 e. The number of nitrogens with zero attached hydrogens (tertiary/aromatic N) is 2. The molecule has 0 bridgehead atoms. The summed E-state index contributed by atoms with van der Waals surface area (Å²) in [4.78, 5) is 4.66. The third-order valence-corrected chi connectivity index (χ3v) is 5.17. The highest BCUT2D eigenvalue weighted by Gasteiger charge is 2.23. The second kappa shape index (κ2) is 8.13. The zero-order valence-electron chi connectivity index (χ0n) is 14.5. The van der Waals surface area contributed by atoms with E-state index in [1.807, 2.05) is 0 Å². The van der Waals surface area contributed by atoms with Crippen molar-refractivity contribution in [3.05, 3.63) is 29.8 Å². The van der Waals surface area contributed by atoms with Crippen LogP contribution in [0.1, 0.15) is 31.2 Å². The fraction of sp³-hybridized carbons (Fsp3) is 0.647. The van der Waals surface area contributed by atoms with Crippen molar-refractivity contribution >= 4 is 15.7 Å². The number of benzene rings is 1. The van der Waals surface area contributed by atoms with Crippen molar-refractivity contribution in [1.82, 2.24) is 9.62 Å². The Bertz CT molecular complexity index is 602. The lowest BCUT2D eigenvalue weighted by Crippen LogP contribution is -2.41. The highest BCUT2D eigenvalue weighted by molar-refractivity contribution is 7.88. The highest BCUT2D eigenvalue weighted by Crippen LogP contribution is 2.25. The van der Waals surface area contributed by atoms with E-state index in [4.69, 9.17) is 0 Å². The molecule has 1 fully saturated rings.